The van der Waals surface area contributed by atoms with Crippen LogP contribution in [0.4, 0.5) is 5.69 Å². The van der Waals surface area contributed by atoms with Gasteiger partial charge in [-0.3, -0.25) is 9.59 Å². The molecule has 2 amide bonds. The maximum atomic E-state index is 14.1. The number of nitrogens with zero attached hydrogens (tertiary/aromatic N) is 3. The minimum Gasteiger partial charge on any atom is -0.490 e. The molecule has 0 unspecified atom stereocenters. The Hall–Kier alpha value is -3.10. The molecular formula is C32H47N3O5. The molecule has 0 spiro atoms. The van der Waals surface area contributed by atoms with E-state index in [1.165, 1.54) is 0 Å². The summed E-state index contributed by atoms with van der Waals surface area (Å²) in [5, 5.41) is 10.1. The van der Waals surface area contributed by atoms with Gasteiger partial charge in [0.25, 0.3) is 5.91 Å². The Morgan fingerprint density at radius 2 is 1.82 bits per heavy atom. The van der Waals surface area contributed by atoms with E-state index in [0.29, 0.717) is 37.4 Å². The predicted octanol–water partition coefficient (Wildman–Crippen LogP) is 4.25. The van der Waals surface area contributed by atoms with Crippen molar-refractivity contribution in [2.75, 3.05) is 52.3 Å². The van der Waals surface area contributed by atoms with Gasteiger partial charge in [0.1, 0.15) is 5.75 Å². The standard InChI is InChI=1S/C32H47N3O5/c1-23-20-35(24(2)22-36)32(38)28-19-27(33(4)5)15-16-29(28)40-25(3)12-10-11-17-39-30(23)21-34(6)31(37)18-26-13-8-7-9-14-26/h7-9,13-16,19,23-25,30,36H,10-12,17-18,20-22H2,1-6H3/t23-,24-,25-,30-/m0/s1. The molecule has 1 N–H and O–H groups in total. The number of aliphatic hydroxyl groups excluding tert-OH is 1. The van der Waals surface area contributed by atoms with Gasteiger partial charge in [-0.2, -0.15) is 0 Å². The molecule has 0 radical (unpaired) electrons. The summed E-state index contributed by atoms with van der Waals surface area (Å²) in [6, 6.07) is 15.0. The van der Waals surface area contributed by atoms with Crippen molar-refractivity contribution in [1.82, 2.24) is 9.80 Å². The van der Waals surface area contributed by atoms with Gasteiger partial charge in [0.15, 0.2) is 0 Å². The molecule has 220 valence electrons. The Morgan fingerprint density at radius 3 is 2.50 bits per heavy atom. The van der Waals surface area contributed by atoms with E-state index in [0.717, 1.165) is 30.5 Å². The van der Waals surface area contributed by atoms with Crippen LogP contribution < -0.4 is 9.64 Å². The monoisotopic (exact) mass is 553 g/mol. The van der Waals surface area contributed by atoms with E-state index in [9.17, 15) is 14.7 Å². The van der Waals surface area contributed by atoms with Gasteiger partial charge in [0.05, 0.1) is 36.8 Å². The minimum atomic E-state index is -0.408. The molecule has 2 aromatic carbocycles. The number of aliphatic hydroxyl groups is 1. The van der Waals surface area contributed by atoms with Crippen LogP contribution in [-0.2, 0) is 16.0 Å². The number of ether oxygens (including phenoxy) is 2. The number of benzene rings is 2. The number of hydrogen-bond donors (Lipinski definition) is 1. The smallest absolute Gasteiger partial charge is 0.258 e. The normalized spacial score (nSPS) is 21.5. The molecule has 1 aliphatic heterocycles. The Kier molecular flexibility index (Phi) is 11.8. The van der Waals surface area contributed by atoms with Gasteiger partial charge >= 0.3 is 0 Å². The maximum absolute atomic E-state index is 14.1. The van der Waals surface area contributed by atoms with Crippen LogP contribution in [0, 0.1) is 5.92 Å². The van der Waals surface area contributed by atoms with E-state index < -0.39 is 6.04 Å². The summed E-state index contributed by atoms with van der Waals surface area (Å²) >= 11 is 0. The Balaban J connectivity index is 1.88. The van der Waals surface area contributed by atoms with Gasteiger partial charge in [-0.1, -0.05) is 37.3 Å². The summed E-state index contributed by atoms with van der Waals surface area (Å²) in [7, 11) is 5.68. The third-order valence-electron chi connectivity index (χ3n) is 7.63. The highest BCUT2D eigenvalue weighted by atomic mass is 16.5. The van der Waals surface area contributed by atoms with Gasteiger partial charge < -0.3 is 29.3 Å². The summed E-state index contributed by atoms with van der Waals surface area (Å²) in [6.07, 6.45) is 2.63. The summed E-state index contributed by atoms with van der Waals surface area (Å²) in [6.45, 7) is 7.10. The quantitative estimate of drug-likeness (QED) is 0.552. The van der Waals surface area contributed by atoms with Gasteiger partial charge in [-0.25, -0.2) is 0 Å². The summed E-state index contributed by atoms with van der Waals surface area (Å²) < 4.78 is 12.7. The fourth-order valence-electron chi connectivity index (χ4n) is 4.93. The zero-order chi connectivity index (χ0) is 29.2. The molecule has 2 aromatic rings. The largest absolute Gasteiger partial charge is 0.490 e. The van der Waals surface area contributed by atoms with Crippen molar-refractivity contribution in [3.8, 4) is 5.75 Å². The zero-order valence-electron chi connectivity index (χ0n) is 25.0. The average Bonchev–Trinajstić information content (AvgIpc) is 2.94. The highest BCUT2D eigenvalue weighted by molar-refractivity contribution is 5.98. The van der Waals surface area contributed by atoms with E-state index in [-0.39, 0.29) is 36.5 Å². The van der Waals surface area contributed by atoms with Crippen LogP contribution in [0.15, 0.2) is 48.5 Å². The fraction of sp³-hybridized carbons (Fsp3) is 0.562. The van der Waals surface area contributed by atoms with Crippen LogP contribution in [0.3, 0.4) is 0 Å². The predicted molar refractivity (Wildman–Crippen MR) is 159 cm³/mol. The highest BCUT2D eigenvalue weighted by Crippen LogP contribution is 2.29. The van der Waals surface area contributed by atoms with Crippen molar-refractivity contribution < 1.29 is 24.2 Å². The van der Waals surface area contributed by atoms with Gasteiger partial charge in [-0.05, 0) is 56.9 Å². The van der Waals surface area contributed by atoms with Gasteiger partial charge in [0, 0.05) is 52.4 Å². The topological polar surface area (TPSA) is 82.6 Å². The van der Waals surface area contributed by atoms with Crippen molar-refractivity contribution in [3.63, 3.8) is 0 Å². The van der Waals surface area contributed by atoms with Crippen molar-refractivity contribution >= 4 is 17.5 Å². The Labute approximate surface area is 239 Å². The molecule has 0 aromatic heterocycles. The molecule has 0 saturated carbocycles. The first-order chi connectivity index (χ1) is 19.1. The second kappa shape index (κ2) is 15.1. The first-order valence-corrected chi connectivity index (χ1v) is 14.4. The van der Waals surface area contributed by atoms with Crippen molar-refractivity contribution in [2.45, 2.75) is 64.7 Å². The number of rotatable bonds is 7. The number of carbonyl (C=O) groups is 2. The van der Waals surface area contributed by atoms with E-state index in [4.69, 9.17) is 9.47 Å². The molecule has 0 aliphatic carbocycles. The van der Waals surface area contributed by atoms with E-state index in [1.807, 2.05) is 95.3 Å². The SMILES string of the molecule is C[C@H]1CCCCO[C@@H](CN(C)C(=O)Cc2ccccc2)[C@@H](C)CN([C@@H](C)CO)C(=O)c2cc(N(C)C)ccc2O1. The van der Waals surface area contributed by atoms with Crippen molar-refractivity contribution in [3.05, 3.63) is 59.7 Å². The van der Waals surface area contributed by atoms with Crippen molar-refractivity contribution in [2.24, 2.45) is 5.92 Å². The molecule has 1 heterocycles. The Morgan fingerprint density at radius 1 is 1.10 bits per heavy atom. The second-order valence-electron chi connectivity index (χ2n) is 11.3. The lowest BCUT2D eigenvalue weighted by Gasteiger charge is -2.36. The molecule has 8 nitrogen and oxygen atoms in total. The zero-order valence-corrected chi connectivity index (χ0v) is 25.0. The molecule has 3 rings (SSSR count). The first kappa shape index (κ1) is 31.4. The third-order valence-corrected chi connectivity index (χ3v) is 7.63. The van der Waals surface area contributed by atoms with Crippen LogP contribution in [0.2, 0.25) is 0 Å². The van der Waals surface area contributed by atoms with Crippen LogP contribution in [0.1, 0.15) is 56.0 Å². The number of carbonyl (C=O) groups excluding carboxylic acids is 2. The van der Waals surface area contributed by atoms with Crippen LogP contribution >= 0.6 is 0 Å². The Bertz CT molecular complexity index is 1090. The second-order valence-corrected chi connectivity index (χ2v) is 11.3. The van der Waals surface area contributed by atoms with Crippen molar-refractivity contribution in [1.29, 1.82) is 0 Å². The fourth-order valence-corrected chi connectivity index (χ4v) is 4.93. The molecular weight excluding hydrogens is 506 g/mol. The molecule has 1 aliphatic rings. The van der Waals surface area contributed by atoms with E-state index in [1.54, 1.807) is 9.80 Å². The minimum absolute atomic E-state index is 0.0224. The van der Waals surface area contributed by atoms with Crippen LogP contribution in [-0.4, -0.2) is 92.4 Å². The first-order valence-electron chi connectivity index (χ1n) is 14.4. The van der Waals surface area contributed by atoms with E-state index >= 15 is 0 Å². The summed E-state index contributed by atoms with van der Waals surface area (Å²) in [5.41, 5.74) is 2.35. The van der Waals surface area contributed by atoms with Gasteiger partial charge in [-0.15, -0.1) is 0 Å². The lowest BCUT2D eigenvalue weighted by atomic mass is 10.0. The molecule has 8 heteroatoms. The number of anilines is 1. The number of fused-ring (bicyclic) bond motifs is 1. The summed E-state index contributed by atoms with van der Waals surface area (Å²) in [4.78, 5) is 32.5. The molecule has 4 atom stereocenters. The number of hydrogen-bond acceptors (Lipinski definition) is 6. The molecule has 40 heavy (non-hydrogen) atoms. The van der Waals surface area contributed by atoms with Crippen LogP contribution in [0.25, 0.3) is 0 Å². The third kappa shape index (κ3) is 8.70. The van der Waals surface area contributed by atoms with Gasteiger partial charge in [0.2, 0.25) is 5.91 Å². The van der Waals surface area contributed by atoms with Crippen LogP contribution in [0.5, 0.6) is 5.75 Å². The molecule has 0 fully saturated rings. The molecule has 0 saturated heterocycles. The summed E-state index contributed by atoms with van der Waals surface area (Å²) in [5.74, 6) is 0.299. The lowest BCUT2D eigenvalue weighted by Crippen LogP contribution is -2.48. The lowest BCUT2D eigenvalue weighted by molar-refractivity contribution is -0.131. The highest BCUT2D eigenvalue weighted by Gasteiger charge is 2.31. The number of amides is 2. The number of likely N-dealkylation sites (N-methyl/N-ethyl adjacent to an activating group) is 1. The average molecular weight is 554 g/mol. The van der Waals surface area contributed by atoms with E-state index in [2.05, 4.69) is 0 Å². The maximum Gasteiger partial charge on any atom is 0.258 e. The molecule has 0 bridgehead atoms.